The summed E-state index contributed by atoms with van der Waals surface area (Å²) in [4.78, 5) is 7.88. The molecule has 0 spiro atoms. The Balaban J connectivity index is 2.22. The summed E-state index contributed by atoms with van der Waals surface area (Å²) in [6.45, 7) is 0. The van der Waals surface area contributed by atoms with Crippen LogP contribution in [0.1, 0.15) is 0 Å². The summed E-state index contributed by atoms with van der Waals surface area (Å²) in [6, 6.07) is 7.66. The van der Waals surface area contributed by atoms with Crippen molar-refractivity contribution in [1.29, 1.82) is 0 Å². The Labute approximate surface area is 101 Å². The van der Waals surface area contributed by atoms with Gasteiger partial charge >= 0.3 is 0 Å². The number of nitrogen functional groups attached to an aromatic ring is 1. The second-order valence-electron chi connectivity index (χ2n) is 2.84. The van der Waals surface area contributed by atoms with Crippen LogP contribution in [0.3, 0.4) is 0 Å². The Morgan fingerprint density at radius 3 is 2.87 bits per heavy atom. The van der Waals surface area contributed by atoms with Crippen molar-refractivity contribution >= 4 is 28.4 Å². The smallest absolute Gasteiger partial charge is 0.239 e. The zero-order valence-corrected chi connectivity index (χ0v) is 9.88. The van der Waals surface area contributed by atoms with Crippen LogP contribution in [0.4, 0.5) is 5.82 Å². The third kappa shape index (κ3) is 2.79. The summed E-state index contributed by atoms with van der Waals surface area (Å²) in [7, 11) is 0. The van der Waals surface area contributed by atoms with Crippen molar-refractivity contribution in [3.05, 3.63) is 40.2 Å². The molecule has 0 saturated carbocycles. The largest absolute Gasteiger partial charge is 0.437 e. The van der Waals surface area contributed by atoms with E-state index in [1.54, 1.807) is 0 Å². The Morgan fingerprint density at radius 2 is 2.13 bits per heavy atom. The molecule has 2 aromatic rings. The minimum atomic E-state index is 0.345. The van der Waals surface area contributed by atoms with Crippen molar-refractivity contribution < 1.29 is 4.74 Å². The van der Waals surface area contributed by atoms with E-state index in [0.717, 1.165) is 9.32 Å². The number of ether oxygens (including phenoxy) is 1. The lowest BCUT2D eigenvalue weighted by Crippen LogP contribution is -1.94. The van der Waals surface area contributed by atoms with Gasteiger partial charge in [0.1, 0.15) is 11.6 Å². The lowest BCUT2D eigenvalue weighted by atomic mass is 10.3. The molecule has 1 heterocycles. The summed E-state index contributed by atoms with van der Waals surface area (Å²) < 4.78 is 6.58. The van der Waals surface area contributed by atoms with Crippen molar-refractivity contribution in [2.24, 2.45) is 0 Å². The maximum atomic E-state index is 5.49. The highest BCUT2D eigenvalue weighted by atomic mass is 127. The monoisotopic (exact) mass is 313 g/mol. The maximum absolute atomic E-state index is 5.49. The topological polar surface area (TPSA) is 61.0 Å². The average Bonchev–Trinajstić information content (AvgIpc) is 2.17. The second kappa shape index (κ2) is 4.43. The second-order valence-corrected chi connectivity index (χ2v) is 4.09. The van der Waals surface area contributed by atoms with Crippen LogP contribution in [0.5, 0.6) is 11.6 Å². The quantitative estimate of drug-likeness (QED) is 0.865. The van der Waals surface area contributed by atoms with Gasteiger partial charge in [-0.05, 0) is 40.8 Å². The fraction of sp³-hybridized carbons (Fsp3) is 0. The highest BCUT2D eigenvalue weighted by Crippen LogP contribution is 2.20. The molecule has 0 aliphatic carbocycles. The van der Waals surface area contributed by atoms with Crippen molar-refractivity contribution in [3.63, 3.8) is 0 Å². The van der Waals surface area contributed by atoms with Crippen LogP contribution in [0, 0.1) is 3.57 Å². The first-order valence-electron chi connectivity index (χ1n) is 4.25. The number of anilines is 1. The Hall–Kier alpha value is -1.37. The molecule has 0 aliphatic rings. The fourth-order valence-corrected chi connectivity index (χ4v) is 1.58. The van der Waals surface area contributed by atoms with Gasteiger partial charge in [0.2, 0.25) is 5.88 Å². The number of halogens is 1. The molecule has 0 aliphatic heterocycles. The molecule has 0 saturated heterocycles. The number of hydrogen-bond acceptors (Lipinski definition) is 4. The van der Waals surface area contributed by atoms with E-state index in [-0.39, 0.29) is 0 Å². The van der Waals surface area contributed by atoms with Crippen LogP contribution in [0.2, 0.25) is 0 Å². The summed E-state index contributed by atoms with van der Waals surface area (Å²) in [5, 5.41) is 0. The van der Waals surface area contributed by atoms with Crippen molar-refractivity contribution in [1.82, 2.24) is 9.97 Å². The summed E-state index contributed by atoms with van der Waals surface area (Å²) in [5.41, 5.74) is 5.49. The van der Waals surface area contributed by atoms with Gasteiger partial charge in [0.25, 0.3) is 0 Å². The molecule has 4 nitrogen and oxygen atoms in total. The number of nitrogens with zero attached hydrogens (tertiary/aromatic N) is 2. The maximum Gasteiger partial charge on any atom is 0.239 e. The van der Waals surface area contributed by atoms with E-state index >= 15 is 0 Å². The minimum absolute atomic E-state index is 0.345. The first kappa shape index (κ1) is 10.2. The molecule has 0 radical (unpaired) electrons. The van der Waals surface area contributed by atoms with E-state index in [2.05, 4.69) is 32.6 Å². The van der Waals surface area contributed by atoms with Gasteiger partial charge in [0.05, 0.1) is 12.4 Å². The van der Waals surface area contributed by atoms with Gasteiger partial charge in [-0.15, -0.1) is 0 Å². The molecule has 2 rings (SSSR count). The zero-order chi connectivity index (χ0) is 10.7. The van der Waals surface area contributed by atoms with Crippen LogP contribution in [-0.4, -0.2) is 9.97 Å². The molecule has 0 unspecified atom stereocenters. The SMILES string of the molecule is Nc1cncc(Oc2cccc(I)c2)n1. The fourth-order valence-electron chi connectivity index (χ4n) is 1.06. The highest BCUT2D eigenvalue weighted by Gasteiger charge is 1.99. The summed E-state index contributed by atoms with van der Waals surface area (Å²) in [6.07, 6.45) is 3.00. The lowest BCUT2D eigenvalue weighted by molar-refractivity contribution is 0.461. The predicted octanol–water partition coefficient (Wildman–Crippen LogP) is 2.46. The van der Waals surface area contributed by atoms with Gasteiger partial charge in [0.15, 0.2) is 0 Å². The van der Waals surface area contributed by atoms with Crippen LogP contribution < -0.4 is 10.5 Å². The van der Waals surface area contributed by atoms with Crippen LogP contribution >= 0.6 is 22.6 Å². The van der Waals surface area contributed by atoms with E-state index in [4.69, 9.17) is 10.5 Å². The Morgan fingerprint density at radius 1 is 1.27 bits per heavy atom. The normalized spacial score (nSPS) is 9.93. The highest BCUT2D eigenvalue weighted by molar-refractivity contribution is 14.1. The molecular weight excluding hydrogens is 305 g/mol. The first-order chi connectivity index (χ1) is 7.24. The summed E-state index contributed by atoms with van der Waals surface area (Å²) in [5.74, 6) is 1.47. The van der Waals surface area contributed by atoms with Crippen LogP contribution in [0.15, 0.2) is 36.7 Å². The van der Waals surface area contributed by atoms with Gasteiger partial charge < -0.3 is 10.5 Å². The predicted molar refractivity (Wildman–Crippen MR) is 65.7 cm³/mol. The van der Waals surface area contributed by atoms with Gasteiger partial charge in [-0.1, -0.05) is 6.07 Å². The number of aromatic nitrogens is 2. The van der Waals surface area contributed by atoms with Crippen LogP contribution in [0.25, 0.3) is 0 Å². The van der Waals surface area contributed by atoms with E-state index in [9.17, 15) is 0 Å². The molecule has 0 bridgehead atoms. The first-order valence-corrected chi connectivity index (χ1v) is 5.33. The number of rotatable bonds is 2. The molecule has 76 valence electrons. The molecule has 2 N–H and O–H groups in total. The number of benzene rings is 1. The molecule has 0 fully saturated rings. The average molecular weight is 313 g/mol. The molecule has 0 amide bonds. The minimum Gasteiger partial charge on any atom is -0.437 e. The van der Waals surface area contributed by atoms with E-state index < -0.39 is 0 Å². The third-order valence-electron chi connectivity index (χ3n) is 1.65. The number of hydrogen-bond donors (Lipinski definition) is 1. The van der Waals surface area contributed by atoms with Gasteiger partial charge in [-0.25, -0.2) is 0 Å². The van der Waals surface area contributed by atoms with Gasteiger partial charge in [-0.2, -0.15) is 4.98 Å². The third-order valence-corrected chi connectivity index (χ3v) is 2.32. The standard InChI is InChI=1S/C10H8IN3O/c11-7-2-1-3-8(4-7)15-10-6-13-5-9(12)14-10/h1-6H,(H2,12,14). The molecule has 1 aromatic heterocycles. The van der Waals surface area contributed by atoms with Gasteiger partial charge in [0, 0.05) is 3.57 Å². The molecule has 0 atom stereocenters. The number of nitrogens with two attached hydrogens (primary N) is 1. The van der Waals surface area contributed by atoms with Crippen LogP contribution in [-0.2, 0) is 0 Å². The lowest BCUT2D eigenvalue weighted by Gasteiger charge is -2.04. The van der Waals surface area contributed by atoms with Gasteiger partial charge in [-0.3, -0.25) is 4.98 Å². The van der Waals surface area contributed by atoms with E-state index in [0.29, 0.717) is 11.7 Å². The molecular formula is C10H8IN3O. The van der Waals surface area contributed by atoms with Crippen molar-refractivity contribution in [2.75, 3.05) is 5.73 Å². The molecule has 5 heteroatoms. The van der Waals surface area contributed by atoms with Crippen molar-refractivity contribution in [2.45, 2.75) is 0 Å². The molecule has 15 heavy (non-hydrogen) atoms. The van der Waals surface area contributed by atoms with E-state index in [1.165, 1.54) is 12.4 Å². The Kier molecular flexibility index (Phi) is 3.00. The van der Waals surface area contributed by atoms with E-state index in [1.807, 2.05) is 24.3 Å². The van der Waals surface area contributed by atoms with Crippen molar-refractivity contribution in [3.8, 4) is 11.6 Å². The molecule has 1 aromatic carbocycles. The zero-order valence-electron chi connectivity index (χ0n) is 7.72. The summed E-state index contributed by atoms with van der Waals surface area (Å²) >= 11 is 2.21. The Bertz CT molecular complexity index is 432.